The number of likely N-dealkylation sites (tertiary alicyclic amines) is 2. The number of amides is 1. The third kappa shape index (κ3) is 2.43. The molecule has 2 aliphatic heterocycles. The molecular weight excluding hydrogens is 429 g/mol. The molecule has 0 spiro atoms. The van der Waals surface area contributed by atoms with Gasteiger partial charge in [0.2, 0.25) is 0 Å². The third-order valence-corrected chi connectivity index (χ3v) is 10.3. The van der Waals surface area contributed by atoms with Gasteiger partial charge in [0.25, 0.3) is 5.91 Å². The maximum Gasteiger partial charge on any atom is 0.272 e. The quantitative estimate of drug-likeness (QED) is 0.694. The Morgan fingerprint density at radius 1 is 1.26 bits per heavy atom. The largest absolute Gasteiger partial charge is 0.497 e. The van der Waals surface area contributed by atoms with Gasteiger partial charge in [-0.25, -0.2) is 4.39 Å². The number of benzene rings is 1. The Labute approximate surface area is 200 Å². The molecule has 2 aromatic rings. The Morgan fingerprint density at radius 2 is 2.18 bits per heavy atom. The molecule has 7 rings (SSSR count). The van der Waals surface area contributed by atoms with Crippen molar-refractivity contribution < 1.29 is 13.9 Å². The van der Waals surface area contributed by atoms with Crippen LogP contribution in [0.5, 0.6) is 5.75 Å². The van der Waals surface area contributed by atoms with E-state index in [4.69, 9.17) is 4.74 Å². The van der Waals surface area contributed by atoms with Gasteiger partial charge >= 0.3 is 0 Å². The number of ether oxygens (including phenoxy) is 1. The third-order valence-electron chi connectivity index (χ3n) is 10.3. The van der Waals surface area contributed by atoms with Crippen LogP contribution in [0.1, 0.15) is 47.3 Å². The number of nitrogens with zero attached hydrogens (tertiary/aromatic N) is 3. The molecule has 5 nitrogen and oxygen atoms in total. The molecule has 3 aliphatic carbocycles. The number of piperidine rings is 1. The molecule has 1 aromatic heterocycles. The minimum atomic E-state index is -0.281. The van der Waals surface area contributed by atoms with Crippen LogP contribution >= 0.6 is 0 Å². The Bertz CT molecular complexity index is 1140. The molecule has 5 aliphatic rings. The van der Waals surface area contributed by atoms with Crippen LogP contribution in [0.3, 0.4) is 0 Å². The van der Waals surface area contributed by atoms with Gasteiger partial charge in [-0.15, -0.1) is 0 Å². The smallest absolute Gasteiger partial charge is 0.272 e. The van der Waals surface area contributed by atoms with Gasteiger partial charge in [-0.05, 0) is 91.3 Å². The highest BCUT2D eigenvalue weighted by Crippen LogP contribution is 2.75. The zero-order valence-electron chi connectivity index (χ0n) is 19.8. The number of rotatable bonds is 4. The monoisotopic (exact) mass is 461 g/mol. The fourth-order valence-corrected chi connectivity index (χ4v) is 9.46. The second-order valence-electron chi connectivity index (χ2n) is 11.1. The summed E-state index contributed by atoms with van der Waals surface area (Å²) >= 11 is 0. The van der Waals surface area contributed by atoms with Crippen molar-refractivity contribution in [3.8, 4) is 5.75 Å². The molecular formula is C28H32FN3O2. The number of hydrogen-bond donors (Lipinski definition) is 0. The van der Waals surface area contributed by atoms with Gasteiger partial charge in [-0.3, -0.25) is 14.7 Å². The van der Waals surface area contributed by atoms with Gasteiger partial charge in [0.1, 0.15) is 18.1 Å². The van der Waals surface area contributed by atoms with E-state index in [0.29, 0.717) is 30.1 Å². The average Bonchev–Trinajstić information content (AvgIpc) is 3.32. The van der Waals surface area contributed by atoms with E-state index >= 15 is 0 Å². The van der Waals surface area contributed by atoms with Crippen molar-refractivity contribution in [1.29, 1.82) is 0 Å². The van der Waals surface area contributed by atoms with E-state index in [-0.39, 0.29) is 29.5 Å². The number of aromatic nitrogens is 1. The highest BCUT2D eigenvalue weighted by atomic mass is 19.1. The molecule has 4 fully saturated rings. The first-order valence-corrected chi connectivity index (χ1v) is 12.8. The molecule has 2 saturated carbocycles. The lowest BCUT2D eigenvalue weighted by Crippen LogP contribution is -2.70. The maximum absolute atomic E-state index is 13.6. The van der Waals surface area contributed by atoms with Crippen molar-refractivity contribution in [1.82, 2.24) is 14.8 Å². The first-order valence-electron chi connectivity index (χ1n) is 12.8. The van der Waals surface area contributed by atoms with E-state index in [2.05, 4.69) is 33.0 Å². The van der Waals surface area contributed by atoms with Gasteiger partial charge < -0.3 is 9.64 Å². The predicted octanol–water partition coefficient (Wildman–Crippen LogP) is 3.87. The Balaban J connectivity index is 1.36. The Kier molecular flexibility index (Phi) is 4.46. The summed E-state index contributed by atoms with van der Waals surface area (Å²) in [5, 5.41) is 0. The van der Waals surface area contributed by atoms with E-state index in [1.807, 2.05) is 18.2 Å². The fraction of sp³-hybridized carbons (Fsp3) is 0.571. The molecule has 2 saturated heterocycles. The lowest BCUT2D eigenvalue weighted by Gasteiger charge is -2.66. The summed E-state index contributed by atoms with van der Waals surface area (Å²) in [6.07, 6.45) is 7.06. The van der Waals surface area contributed by atoms with Crippen LogP contribution in [-0.2, 0) is 11.8 Å². The van der Waals surface area contributed by atoms with Crippen LogP contribution in [0.2, 0.25) is 0 Å². The summed E-state index contributed by atoms with van der Waals surface area (Å²) in [7, 11) is 1.75. The molecule has 3 heterocycles. The van der Waals surface area contributed by atoms with Crippen LogP contribution in [0.25, 0.3) is 0 Å². The molecule has 1 aromatic carbocycles. The summed E-state index contributed by atoms with van der Waals surface area (Å²) in [5.41, 5.74) is 3.64. The van der Waals surface area contributed by atoms with Gasteiger partial charge in [0.15, 0.2) is 0 Å². The predicted molar refractivity (Wildman–Crippen MR) is 127 cm³/mol. The number of pyridine rings is 1. The molecule has 178 valence electrons. The van der Waals surface area contributed by atoms with Gasteiger partial charge in [0, 0.05) is 36.8 Å². The van der Waals surface area contributed by atoms with E-state index in [1.165, 1.54) is 11.1 Å². The number of carbonyl (C=O) groups excluding carboxylic acids is 1. The number of alkyl halides is 1. The van der Waals surface area contributed by atoms with Gasteiger partial charge in [-0.1, -0.05) is 12.1 Å². The standard InChI is InChI=1S/C28H32FN3O2/c1-34-20-6-5-18-14-24-27-8-7-23-25(28(27,21(18)15-20)9-12-31(24)13-10-29)19(16-27)17-32(23)26(33)22-4-2-3-11-30-22/h2-6,11,15,19,23-25H,7-10,12-14,16-17H2,1H3/t19-,23?,24?,25?,27?,28?/m1/s1. The first kappa shape index (κ1) is 20.9. The Morgan fingerprint density at radius 3 is 2.97 bits per heavy atom. The Hall–Kier alpha value is -2.47. The zero-order chi connectivity index (χ0) is 23.1. The molecule has 5 unspecified atom stereocenters. The van der Waals surface area contributed by atoms with Crippen molar-refractivity contribution in [2.75, 3.05) is 33.4 Å². The van der Waals surface area contributed by atoms with Crippen LogP contribution in [0.15, 0.2) is 42.6 Å². The van der Waals surface area contributed by atoms with E-state index in [9.17, 15) is 9.18 Å². The SMILES string of the molecule is COc1ccc2c(c1)C13CCN(CCF)C(C2)C12CCC1C3[C@@H](CN1C(=O)c1ccccn1)C2. The van der Waals surface area contributed by atoms with Crippen LogP contribution in [0.4, 0.5) is 4.39 Å². The molecule has 1 amide bonds. The minimum Gasteiger partial charge on any atom is -0.497 e. The van der Waals surface area contributed by atoms with Gasteiger partial charge in [-0.2, -0.15) is 0 Å². The summed E-state index contributed by atoms with van der Waals surface area (Å²) < 4.78 is 19.3. The maximum atomic E-state index is 13.6. The lowest BCUT2D eigenvalue weighted by atomic mass is 9.43. The molecule has 0 N–H and O–H groups in total. The van der Waals surface area contributed by atoms with Crippen molar-refractivity contribution in [3.63, 3.8) is 0 Å². The minimum absolute atomic E-state index is 0.0410. The first-order chi connectivity index (χ1) is 16.6. The molecule has 34 heavy (non-hydrogen) atoms. The van der Waals surface area contributed by atoms with Crippen LogP contribution < -0.4 is 4.74 Å². The van der Waals surface area contributed by atoms with E-state index in [0.717, 1.165) is 50.9 Å². The van der Waals surface area contributed by atoms with Crippen LogP contribution in [0, 0.1) is 17.3 Å². The second kappa shape index (κ2) is 7.27. The van der Waals surface area contributed by atoms with Crippen molar-refractivity contribution in [3.05, 3.63) is 59.4 Å². The number of fused-ring (bicyclic) bond motifs is 1. The molecule has 0 radical (unpaired) electrons. The zero-order valence-corrected chi connectivity index (χ0v) is 19.8. The number of carbonyl (C=O) groups is 1. The highest BCUT2D eigenvalue weighted by Gasteiger charge is 2.76. The lowest BCUT2D eigenvalue weighted by molar-refractivity contribution is -0.102. The van der Waals surface area contributed by atoms with Gasteiger partial charge in [0.05, 0.1) is 7.11 Å². The summed E-state index contributed by atoms with van der Waals surface area (Å²) in [6.45, 7) is 2.02. The summed E-state index contributed by atoms with van der Waals surface area (Å²) in [6, 6.07) is 12.9. The summed E-state index contributed by atoms with van der Waals surface area (Å²) in [5.74, 6) is 1.95. The van der Waals surface area contributed by atoms with Crippen LogP contribution in [-0.4, -0.2) is 66.2 Å². The average molecular weight is 462 g/mol. The number of hydrogen-bond acceptors (Lipinski definition) is 4. The topological polar surface area (TPSA) is 45.7 Å². The highest BCUT2D eigenvalue weighted by molar-refractivity contribution is 5.92. The van der Waals surface area contributed by atoms with E-state index in [1.54, 1.807) is 13.3 Å². The number of halogens is 1. The summed E-state index contributed by atoms with van der Waals surface area (Å²) in [4.78, 5) is 22.6. The van der Waals surface area contributed by atoms with Crippen molar-refractivity contribution in [2.45, 2.75) is 49.6 Å². The van der Waals surface area contributed by atoms with E-state index < -0.39 is 0 Å². The molecule has 6 heteroatoms. The number of methoxy groups -OCH3 is 1. The normalized spacial score (nSPS) is 37.3. The molecule has 4 bridgehead atoms. The van der Waals surface area contributed by atoms with Crippen molar-refractivity contribution in [2.24, 2.45) is 17.3 Å². The fourth-order valence-electron chi connectivity index (χ4n) is 9.46. The second-order valence-corrected chi connectivity index (χ2v) is 11.1. The van der Waals surface area contributed by atoms with Crippen molar-refractivity contribution >= 4 is 5.91 Å². The molecule has 6 atom stereocenters.